The van der Waals surface area contributed by atoms with Crippen LogP contribution in [-0.2, 0) is 19.5 Å². The van der Waals surface area contributed by atoms with Gasteiger partial charge in [0, 0.05) is 80.3 Å². The van der Waals surface area contributed by atoms with Crippen LogP contribution in [0.4, 0.5) is 17.5 Å². The van der Waals surface area contributed by atoms with E-state index in [0.717, 1.165) is 41.1 Å². The summed E-state index contributed by atoms with van der Waals surface area (Å²) in [4.78, 5) is 32.1. The van der Waals surface area contributed by atoms with Crippen LogP contribution in [0.5, 0.6) is 0 Å². The smallest absolute Gasteiger partial charge is 0.276 e. The van der Waals surface area contributed by atoms with Gasteiger partial charge < -0.3 is 20.5 Å². The molecule has 2 aliphatic heterocycles. The summed E-state index contributed by atoms with van der Waals surface area (Å²) in [6.07, 6.45) is 10.2. The van der Waals surface area contributed by atoms with Gasteiger partial charge >= 0.3 is 0 Å². The lowest BCUT2D eigenvalue weighted by atomic mass is 10.1. The average Bonchev–Trinajstić information content (AvgIpc) is 3.44. The highest BCUT2D eigenvalue weighted by atomic mass is 16.2. The van der Waals surface area contributed by atoms with E-state index in [1.807, 2.05) is 29.2 Å². The van der Waals surface area contributed by atoms with E-state index in [1.165, 1.54) is 4.90 Å². The third-order valence-corrected chi connectivity index (χ3v) is 6.41. The summed E-state index contributed by atoms with van der Waals surface area (Å²) in [6.45, 7) is 5.40. The molecule has 2 aliphatic rings. The Hall–Kier alpha value is -4.80. The van der Waals surface area contributed by atoms with E-state index in [1.54, 1.807) is 31.7 Å². The highest BCUT2D eigenvalue weighted by Crippen LogP contribution is 2.26. The fraction of sp³-hybridized carbons (Fsp3) is 0.200. The summed E-state index contributed by atoms with van der Waals surface area (Å²) < 4.78 is 4.11. The molecule has 0 aliphatic carbocycles. The number of fused-ring (bicyclic) bond motifs is 3. The quantitative estimate of drug-likeness (QED) is 0.459. The molecule has 3 N–H and O–H groups in total. The number of pyridine rings is 2. The number of imidazole rings is 1. The maximum atomic E-state index is 13.2. The highest BCUT2D eigenvalue weighted by molar-refractivity contribution is 6.01. The lowest BCUT2D eigenvalue weighted by Crippen LogP contribution is -2.28. The largest absolute Gasteiger partial charge is 0.383 e. The number of allylic oxidation sites excluding steroid dienone is 1. The van der Waals surface area contributed by atoms with Crippen LogP contribution in [0.3, 0.4) is 0 Å². The third-order valence-electron chi connectivity index (χ3n) is 6.41. The number of nitrogens with zero attached hydrogens (tertiary/aromatic N) is 8. The first kappa shape index (κ1) is 21.7. The zero-order valence-electron chi connectivity index (χ0n) is 19.7. The van der Waals surface area contributed by atoms with E-state index >= 15 is 0 Å². The van der Waals surface area contributed by atoms with Crippen LogP contribution >= 0.6 is 0 Å². The van der Waals surface area contributed by atoms with Gasteiger partial charge in [-0.05, 0) is 23.1 Å². The fourth-order valence-corrected chi connectivity index (χ4v) is 4.46. The van der Waals surface area contributed by atoms with Crippen LogP contribution in [0.2, 0.25) is 0 Å². The van der Waals surface area contributed by atoms with Crippen LogP contribution in [0.15, 0.2) is 65.8 Å². The zero-order valence-corrected chi connectivity index (χ0v) is 19.7. The monoisotopic (exact) mass is 480 g/mol. The number of rotatable bonds is 4. The summed E-state index contributed by atoms with van der Waals surface area (Å²) in [5.41, 5.74) is 9.13. The Bertz CT molecular complexity index is 1590. The van der Waals surface area contributed by atoms with Gasteiger partial charge in [0.25, 0.3) is 5.91 Å². The molecule has 11 nitrogen and oxygen atoms in total. The Labute approximate surface area is 206 Å². The summed E-state index contributed by atoms with van der Waals surface area (Å²) in [5.74, 6) is 2.24. The van der Waals surface area contributed by atoms with Crippen LogP contribution in [0.1, 0.15) is 28.4 Å². The van der Waals surface area contributed by atoms with Crippen molar-refractivity contribution in [3.8, 4) is 0 Å². The number of amides is 1. The number of aryl methyl sites for hydroxylation is 2. The Morgan fingerprint density at radius 3 is 2.97 bits per heavy atom. The Morgan fingerprint density at radius 2 is 2.11 bits per heavy atom. The van der Waals surface area contributed by atoms with Crippen molar-refractivity contribution in [1.29, 1.82) is 0 Å². The minimum Gasteiger partial charge on any atom is -0.383 e. The SMILES string of the molecule is C=C1C=NC=C(N(C)C(=O)c2cc3cc(Nc4cc5n(n4)Cc4nccn4CC5)ncc3c(N)n2)C1. The maximum absolute atomic E-state index is 13.2. The number of anilines is 3. The van der Waals surface area contributed by atoms with Gasteiger partial charge in [-0.25, -0.2) is 15.0 Å². The fourth-order valence-electron chi connectivity index (χ4n) is 4.46. The minimum atomic E-state index is -0.276. The number of hydrogen-bond donors (Lipinski definition) is 2. The number of nitrogens with one attached hydrogen (secondary N) is 1. The molecule has 0 bridgehead atoms. The number of hydrogen-bond acceptors (Lipinski definition) is 8. The van der Waals surface area contributed by atoms with E-state index < -0.39 is 0 Å². The Balaban J connectivity index is 1.27. The van der Waals surface area contributed by atoms with Crippen molar-refractivity contribution in [3.05, 3.63) is 78.1 Å². The van der Waals surface area contributed by atoms with Crippen molar-refractivity contribution >= 4 is 40.3 Å². The van der Waals surface area contributed by atoms with Crippen LogP contribution in [0, 0.1) is 0 Å². The van der Waals surface area contributed by atoms with Gasteiger partial charge in [0.05, 0.1) is 6.54 Å². The van der Waals surface area contributed by atoms with Crippen molar-refractivity contribution in [1.82, 2.24) is 34.2 Å². The number of nitrogens with two attached hydrogens (primary N) is 1. The van der Waals surface area contributed by atoms with Crippen LogP contribution < -0.4 is 11.1 Å². The molecule has 0 saturated heterocycles. The van der Waals surface area contributed by atoms with E-state index in [-0.39, 0.29) is 17.4 Å². The Kier molecular flexibility index (Phi) is 5.10. The molecule has 36 heavy (non-hydrogen) atoms. The van der Waals surface area contributed by atoms with Gasteiger partial charge in [-0.3, -0.25) is 14.5 Å². The summed E-state index contributed by atoms with van der Waals surface area (Å²) in [7, 11) is 1.69. The third kappa shape index (κ3) is 3.90. The highest BCUT2D eigenvalue weighted by Gasteiger charge is 2.21. The molecular formula is C25H24N10O. The van der Waals surface area contributed by atoms with E-state index in [2.05, 4.69) is 36.4 Å². The topological polar surface area (TPSA) is 132 Å². The number of nitrogen functional groups attached to an aromatic ring is 1. The molecule has 0 radical (unpaired) electrons. The molecule has 0 aromatic carbocycles. The van der Waals surface area contributed by atoms with E-state index in [0.29, 0.717) is 30.0 Å². The molecular weight excluding hydrogens is 456 g/mol. The maximum Gasteiger partial charge on any atom is 0.276 e. The van der Waals surface area contributed by atoms with Gasteiger partial charge in [-0.1, -0.05) is 6.58 Å². The van der Waals surface area contributed by atoms with Crippen LogP contribution in [-0.4, -0.2) is 53.4 Å². The zero-order chi connectivity index (χ0) is 24.8. The summed E-state index contributed by atoms with van der Waals surface area (Å²) in [6, 6.07) is 5.59. The number of carbonyl (C=O) groups excluding carboxylic acids is 1. The Morgan fingerprint density at radius 1 is 1.22 bits per heavy atom. The van der Waals surface area contributed by atoms with Gasteiger partial charge in [-0.2, -0.15) is 5.10 Å². The lowest BCUT2D eigenvalue weighted by molar-refractivity contribution is 0.0828. The predicted molar refractivity (Wildman–Crippen MR) is 137 cm³/mol. The van der Waals surface area contributed by atoms with Crippen molar-refractivity contribution in [2.45, 2.75) is 25.9 Å². The average molecular weight is 481 g/mol. The summed E-state index contributed by atoms with van der Waals surface area (Å²) in [5, 5.41) is 9.39. The molecule has 6 heterocycles. The van der Waals surface area contributed by atoms with Gasteiger partial charge in [0.2, 0.25) is 0 Å². The number of aliphatic imine (C=N–C) groups is 1. The van der Waals surface area contributed by atoms with Gasteiger partial charge in [0.15, 0.2) is 5.82 Å². The minimum absolute atomic E-state index is 0.241. The number of aromatic nitrogens is 6. The molecule has 0 fully saturated rings. The molecule has 6 rings (SSSR count). The van der Waals surface area contributed by atoms with Gasteiger partial charge in [0.1, 0.15) is 23.2 Å². The second-order valence-corrected chi connectivity index (χ2v) is 8.87. The number of carbonyl (C=O) groups is 1. The first-order chi connectivity index (χ1) is 17.4. The second kappa shape index (κ2) is 8.45. The molecule has 4 aromatic rings. The molecule has 1 amide bonds. The van der Waals surface area contributed by atoms with Crippen molar-refractivity contribution in [3.63, 3.8) is 0 Å². The van der Waals surface area contributed by atoms with E-state index in [4.69, 9.17) is 10.8 Å². The van der Waals surface area contributed by atoms with Crippen molar-refractivity contribution < 1.29 is 4.79 Å². The summed E-state index contributed by atoms with van der Waals surface area (Å²) >= 11 is 0. The normalized spacial score (nSPS) is 14.7. The van der Waals surface area contributed by atoms with Gasteiger partial charge in [-0.15, -0.1) is 0 Å². The molecule has 0 unspecified atom stereocenters. The molecule has 0 atom stereocenters. The second-order valence-electron chi connectivity index (χ2n) is 8.87. The first-order valence-electron chi connectivity index (χ1n) is 11.5. The standard InChI is InChI=1S/C25H24N10O/c1-15-7-18(12-27-11-15)33(2)25(36)20-8-16-9-21(29-13-19(16)24(26)30-20)31-22-10-17-3-5-34-6-4-28-23(34)14-35(17)32-22/h4,6,8-13H,1,3,5,7,14H2,2H3,(H2,26,30)(H,29,31,32). The van der Waals surface area contributed by atoms with Crippen molar-refractivity contribution in [2.75, 3.05) is 18.1 Å². The predicted octanol–water partition coefficient (Wildman–Crippen LogP) is 2.90. The van der Waals surface area contributed by atoms with Crippen LogP contribution in [0.25, 0.3) is 10.8 Å². The molecule has 0 saturated carbocycles. The van der Waals surface area contributed by atoms with Crippen molar-refractivity contribution in [2.24, 2.45) is 4.99 Å². The molecule has 0 spiro atoms. The first-order valence-corrected chi connectivity index (χ1v) is 11.5. The molecule has 11 heteroatoms. The molecule has 180 valence electrons. The lowest BCUT2D eigenvalue weighted by Gasteiger charge is -2.22. The van der Waals surface area contributed by atoms with E-state index in [9.17, 15) is 4.79 Å². The molecule has 4 aromatic heterocycles.